The molecule has 0 aromatic heterocycles. The van der Waals surface area contributed by atoms with Crippen molar-refractivity contribution in [2.45, 2.75) is 32.8 Å². The lowest BCUT2D eigenvalue weighted by molar-refractivity contribution is 0.169. The third-order valence-corrected chi connectivity index (χ3v) is 1.07. The normalized spacial score (nSPS) is 15.7. The predicted octanol–water partition coefficient (Wildman–Crippen LogP) is 1.61. The van der Waals surface area contributed by atoms with Crippen LogP contribution in [0.1, 0.15) is 26.7 Å². The predicted molar refractivity (Wildman–Crippen MR) is 37.3 cm³/mol. The van der Waals surface area contributed by atoms with Crippen LogP contribution in [0.3, 0.4) is 0 Å². The maximum Gasteiger partial charge on any atom is 0.116 e. The van der Waals surface area contributed by atoms with Crippen molar-refractivity contribution in [1.82, 2.24) is 0 Å². The van der Waals surface area contributed by atoms with Gasteiger partial charge in [0.2, 0.25) is 0 Å². The van der Waals surface area contributed by atoms with E-state index in [0.29, 0.717) is 0 Å². The summed E-state index contributed by atoms with van der Waals surface area (Å²) in [6, 6.07) is 0. The minimum absolute atomic E-state index is 0.0804. The van der Waals surface area contributed by atoms with Crippen molar-refractivity contribution in [3.63, 3.8) is 0 Å². The Kier molecular flexibility index (Phi) is 4.14. The molecule has 2 nitrogen and oxygen atoms in total. The van der Waals surface area contributed by atoms with Gasteiger partial charge in [-0.25, -0.2) is 0 Å². The van der Waals surface area contributed by atoms with Gasteiger partial charge < -0.3 is 10.2 Å². The molecule has 54 valence electrons. The fraction of sp³-hybridized carbons (Fsp3) is 0.714. The third-order valence-electron chi connectivity index (χ3n) is 1.07. The average Bonchev–Trinajstić information content (AvgIpc) is 1.82. The zero-order valence-electron chi connectivity index (χ0n) is 5.96. The highest BCUT2D eigenvalue weighted by Crippen LogP contribution is 1.99. The van der Waals surface area contributed by atoms with Crippen LogP contribution in [0.2, 0.25) is 0 Å². The first-order valence-corrected chi connectivity index (χ1v) is 3.25. The number of unbranched alkanes of at least 4 members (excludes halogenated alkanes) is 1. The van der Waals surface area contributed by atoms with Crippen LogP contribution in [0.5, 0.6) is 0 Å². The van der Waals surface area contributed by atoms with Gasteiger partial charge in [0.1, 0.15) is 11.9 Å². The van der Waals surface area contributed by atoms with E-state index in [9.17, 15) is 0 Å². The maximum absolute atomic E-state index is 8.87. The van der Waals surface area contributed by atoms with Crippen LogP contribution in [-0.2, 0) is 0 Å². The minimum Gasteiger partial charge on any atom is -0.510 e. The maximum atomic E-state index is 8.87. The number of hydrogen-bond acceptors (Lipinski definition) is 2. The molecule has 0 aliphatic heterocycles. The van der Waals surface area contributed by atoms with Gasteiger partial charge in [0.15, 0.2) is 0 Å². The van der Waals surface area contributed by atoms with Crippen LogP contribution in [0.15, 0.2) is 11.8 Å². The van der Waals surface area contributed by atoms with E-state index in [2.05, 4.69) is 0 Å². The third kappa shape index (κ3) is 4.03. The van der Waals surface area contributed by atoms with E-state index in [1.807, 2.05) is 6.92 Å². The van der Waals surface area contributed by atoms with Crippen molar-refractivity contribution >= 4 is 0 Å². The number of allylic oxidation sites excluding steroid dienone is 1. The average molecular weight is 130 g/mol. The molecule has 0 rings (SSSR count). The van der Waals surface area contributed by atoms with Crippen molar-refractivity contribution < 1.29 is 10.2 Å². The first-order chi connectivity index (χ1) is 4.18. The Balaban J connectivity index is 3.55. The van der Waals surface area contributed by atoms with Crippen LogP contribution < -0.4 is 0 Å². The van der Waals surface area contributed by atoms with E-state index in [1.165, 1.54) is 0 Å². The van der Waals surface area contributed by atoms with Crippen LogP contribution in [0.4, 0.5) is 0 Å². The van der Waals surface area contributed by atoms with Gasteiger partial charge in [-0.2, -0.15) is 0 Å². The first-order valence-electron chi connectivity index (χ1n) is 3.25. The highest BCUT2D eigenvalue weighted by atomic mass is 16.3. The van der Waals surface area contributed by atoms with Gasteiger partial charge in [0.25, 0.3) is 0 Å². The van der Waals surface area contributed by atoms with E-state index in [1.54, 1.807) is 13.0 Å². The molecule has 1 unspecified atom stereocenters. The van der Waals surface area contributed by atoms with E-state index in [4.69, 9.17) is 10.2 Å². The van der Waals surface area contributed by atoms with Gasteiger partial charge in [-0.3, -0.25) is 0 Å². The van der Waals surface area contributed by atoms with Crippen molar-refractivity contribution in [2.75, 3.05) is 0 Å². The molecular weight excluding hydrogens is 116 g/mol. The number of aliphatic hydroxyl groups is 2. The van der Waals surface area contributed by atoms with Crippen LogP contribution in [0, 0.1) is 0 Å². The van der Waals surface area contributed by atoms with Crippen LogP contribution in [-0.4, -0.2) is 16.3 Å². The fourth-order valence-electron chi connectivity index (χ4n) is 0.463. The summed E-state index contributed by atoms with van der Waals surface area (Å²) in [6.45, 7) is 3.56. The Bertz CT molecular complexity index is 95.1. The summed E-state index contributed by atoms with van der Waals surface area (Å²) in [5.74, 6) is 0.0804. The number of rotatable bonds is 3. The Morgan fingerprint density at radius 3 is 2.56 bits per heavy atom. The molecule has 0 bridgehead atoms. The van der Waals surface area contributed by atoms with Gasteiger partial charge >= 0.3 is 0 Å². The lowest BCUT2D eigenvalue weighted by atomic mass is 10.2. The molecule has 2 N–H and O–H groups in total. The molecule has 0 fully saturated rings. The van der Waals surface area contributed by atoms with Gasteiger partial charge in [-0.1, -0.05) is 13.3 Å². The molecule has 0 saturated carbocycles. The van der Waals surface area contributed by atoms with Gasteiger partial charge in [0.05, 0.1) is 0 Å². The quantitative estimate of drug-likeness (QED) is 0.570. The molecule has 9 heavy (non-hydrogen) atoms. The SMILES string of the molecule is CCC/C=C(\O)C(C)O. The monoisotopic (exact) mass is 130 g/mol. The van der Waals surface area contributed by atoms with Crippen LogP contribution >= 0.6 is 0 Å². The van der Waals surface area contributed by atoms with Crippen molar-refractivity contribution in [2.24, 2.45) is 0 Å². The topological polar surface area (TPSA) is 40.5 Å². The zero-order chi connectivity index (χ0) is 7.28. The highest BCUT2D eigenvalue weighted by Gasteiger charge is 1.98. The summed E-state index contributed by atoms with van der Waals surface area (Å²) in [5, 5.41) is 17.6. The molecule has 0 heterocycles. The second kappa shape index (κ2) is 4.39. The Morgan fingerprint density at radius 2 is 2.22 bits per heavy atom. The lowest BCUT2D eigenvalue weighted by Gasteiger charge is -2.00. The largest absolute Gasteiger partial charge is 0.510 e. The molecule has 2 heteroatoms. The second-order valence-corrected chi connectivity index (χ2v) is 2.09. The molecule has 0 radical (unpaired) electrons. The molecular formula is C7H14O2. The highest BCUT2D eigenvalue weighted by molar-refractivity contribution is 4.95. The second-order valence-electron chi connectivity index (χ2n) is 2.09. The molecule has 0 saturated heterocycles. The summed E-state index contributed by atoms with van der Waals surface area (Å²) in [5.41, 5.74) is 0. The molecule has 0 aliphatic rings. The fourth-order valence-corrected chi connectivity index (χ4v) is 0.463. The molecule has 1 atom stereocenters. The lowest BCUT2D eigenvalue weighted by Crippen LogP contribution is -2.02. The van der Waals surface area contributed by atoms with E-state index >= 15 is 0 Å². The zero-order valence-corrected chi connectivity index (χ0v) is 5.96. The van der Waals surface area contributed by atoms with Crippen molar-refractivity contribution in [1.29, 1.82) is 0 Å². The summed E-state index contributed by atoms with van der Waals surface area (Å²) in [7, 11) is 0. The van der Waals surface area contributed by atoms with E-state index in [-0.39, 0.29) is 5.76 Å². The minimum atomic E-state index is -0.712. The summed E-state index contributed by atoms with van der Waals surface area (Å²) in [4.78, 5) is 0. The summed E-state index contributed by atoms with van der Waals surface area (Å²) >= 11 is 0. The van der Waals surface area contributed by atoms with Crippen LogP contribution in [0.25, 0.3) is 0 Å². The molecule has 0 aromatic rings. The van der Waals surface area contributed by atoms with Gasteiger partial charge in [-0.15, -0.1) is 0 Å². The van der Waals surface area contributed by atoms with Crippen molar-refractivity contribution in [3.05, 3.63) is 11.8 Å². The number of hydrogen-bond donors (Lipinski definition) is 2. The molecule has 0 spiro atoms. The Hall–Kier alpha value is -0.500. The molecule has 0 aliphatic carbocycles. The van der Waals surface area contributed by atoms with Crippen molar-refractivity contribution in [3.8, 4) is 0 Å². The van der Waals surface area contributed by atoms with Gasteiger partial charge in [0, 0.05) is 0 Å². The standard InChI is InChI=1S/C7H14O2/c1-3-4-5-7(9)6(2)8/h5-6,8-9H,3-4H2,1-2H3/b7-5-. The molecule has 0 amide bonds. The smallest absolute Gasteiger partial charge is 0.116 e. The Morgan fingerprint density at radius 1 is 1.67 bits per heavy atom. The van der Waals surface area contributed by atoms with E-state index < -0.39 is 6.10 Å². The number of aliphatic hydroxyl groups excluding tert-OH is 2. The van der Waals surface area contributed by atoms with E-state index in [0.717, 1.165) is 12.8 Å². The molecule has 0 aromatic carbocycles. The Labute approximate surface area is 55.8 Å². The van der Waals surface area contributed by atoms with Gasteiger partial charge in [-0.05, 0) is 19.4 Å². The first kappa shape index (κ1) is 8.50. The summed E-state index contributed by atoms with van der Waals surface area (Å²) < 4.78 is 0. The summed E-state index contributed by atoms with van der Waals surface area (Å²) in [6.07, 6.45) is 2.76.